The molecule has 0 radical (unpaired) electrons. The molecule has 1 saturated heterocycles. The van der Waals surface area contributed by atoms with Gasteiger partial charge in [-0.3, -0.25) is 4.79 Å². The van der Waals surface area contributed by atoms with Gasteiger partial charge in [0.15, 0.2) is 0 Å². The third-order valence-electron chi connectivity index (χ3n) is 2.43. The summed E-state index contributed by atoms with van der Waals surface area (Å²) in [6.45, 7) is 4.76. The molecule has 0 spiro atoms. The summed E-state index contributed by atoms with van der Waals surface area (Å²) in [5.41, 5.74) is 0. The SMILES string of the molecule is COC(=O)C(NCC1CNC(=O)O1)C(C)C. The lowest BCUT2D eigenvalue weighted by Gasteiger charge is -2.21. The number of hydrogen-bond donors (Lipinski definition) is 2. The molecule has 0 saturated carbocycles. The third kappa shape index (κ3) is 3.37. The van der Waals surface area contributed by atoms with Gasteiger partial charge in [-0.2, -0.15) is 0 Å². The highest BCUT2D eigenvalue weighted by atomic mass is 16.6. The van der Waals surface area contributed by atoms with Crippen molar-refractivity contribution in [1.29, 1.82) is 0 Å². The van der Waals surface area contributed by atoms with Crippen LogP contribution in [-0.4, -0.2) is 44.4 Å². The fraction of sp³-hybridized carbons (Fsp3) is 0.800. The first kappa shape index (κ1) is 12.8. The molecule has 0 aliphatic carbocycles. The summed E-state index contributed by atoms with van der Waals surface area (Å²) in [5, 5.41) is 5.59. The summed E-state index contributed by atoms with van der Waals surface area (Å²) < 4.78 is 9.63. The number of esters is 1. The Bertz CT molecular complexity index is 268. The topological polar surface area (TPSA) is 76.7 Å². The lowest BCUT2D eigenvalue weighted by molar-refractivity contribution is -0.144. The molecule has 1 heterocycles. The fourth-order valence-electron chi connectivity index (χ4n) is 1.52. The summed E-state index contributed by atoms with van der Waals surface area (Å²) in [6, 6.07) is -0.371. The lowest BCUT2D eigenvalue weighted by atomic mass is 10.0. The van der Waals surface area contributed by atoms with Crippen molar-refractivity contribution >= 4 is 12.1 Å². The molecule has 1 rings (SSSR count). The minimum absolute atomic E-state index is 0.123. The van der Waals surface area contributed by atoms with Gasteiger partial charge < -0.3 is 20.1 Å². The van der Waals surface area contributed by atoms with Crippen LogP contribution in [0.15, 0.2) is 0 Å². The number of hydrogen-bond acceptors (Lipinski definition) is 5. The standard InChI is InChI=1S/C10H18N2O4/c1-6(2)8(9(13)15-3)11-4-7-5-12-10(14)16-7/h6-8,11H,4-5H2,1-3H3,(H,12,14). The Balaban J connectivity index is 2.38. The molecule has 2 unspecified atom stereocenters. The number of cyclic esters (lactones) is 1. The largest absolute Gasteiger partial charge is 0.468 e. The van der Waals surface area contributed by atoms with E-state index in [2.05, 4.69) is 15.4 Å². The van der Waals surface area contributed by atoms with Gasteiger partial charge >= 0.3 is 12.1 Å². The third-order valence-corrected chi connectivity index (χ3v) is 2.43. The van der Waals surface area contributed by atoms with Crippen LogP contribution in [0.4, 0.5) is 4.79 Å². The molecule has 0 aromatic heterocycles. The van der Waals surface area contributed by atoms with Crippen molar-refractivity contribution in [3.63, 3.8) is 0 Å². The second kappa shape index (κ2) is 5.69. The molecule has 6 heteroatoms. The fourth-order valence-corrected chi connectivity index (χ4v) is 1.52. The Kier molecular flexibility index (Phi) is 4.54. The minimum Gasteiger partial charge on any atom is -0.468 e. The number of amides is 1. The van der Waals surface area contributed by atoms with E-state index in [1.807, 2.05) is 13.8 Å². The molecule has 2 N–H and O–H groups in total. The quantitative estimate of drug-likeness (QED) is 0.644. The van der Waals surface area contributed by atoms with Crippen molar-refractivity contribution in [2.24, 2.45) is 5.92 Å². The monoisotopic (exact) mass is 230 g/mol. The number of ether oxygens (including phenoxy) is 2. The number of nitrogens with one attached hydrogen (secondary N) is 2. The van der Waals surface area contributed by atoms with Crippen LogP contribution in [0.5, 0.6) is 0 Å². The zero-order valence-electron chi connectivity index (χ0n) is 9.78. The summed E-state index contributed by atoms with van der Waals surface area (Å²) >= 11 is 0. The van der Waals surface area contributed by atoms with Gasteiger partial charge in [0.2, 0.25) is 0 Å². The molecular weight excluding hydrogens is 212 g/mol. The molecule has 1 fully saturated rings. The average Bonchev–Trinajstić information content (AvgIpc) is 2.63. The molecular formula is C10H18N2O4. The van der Waals surface area contributed by atoms with Crippen LogP contribution in [0.3, 0.4) is 0 Å². The van der Waals surface area contributed by atoms with E-state index in [4.69, 9.17) is 4.74 Å². The summed E-state index contributed by atoms with van der Waals surface area (Å²) in [7, 11) is 1.36. The van der Waals surface area contributed by atoms with E-state index >= 15 is 0 Å². The smallest absolute Gasteiger partial charge is 0.407 e. The molecule has 1 amide bonds. The van der Waals surface area contributed by atoms with E-state index in [1.165, 1.54) is 7.11 Å². The van der Waals surface area contributed by atoms with Crippen molar-refractivity contribution in [1.82, 2.24) is 10.6 Å². The highest BCUT2D eigenvalue weighted by Crippen LogP contribution is 2.05. The molecule has 92 valence electrons. The van der Waals surface area contributed by atoms with E-state index < -0.39 is 6.09 Å². The molecule has 0 aromatic carbocycles. The number of carbonyl (C=O) groups is 2. The molecule has 6 nitrogen and oxygen atoms in total. The highest BCUT2D eigenvalue weighted by molar-refractivity contribution is 5.76. The van der Waals surface area contributed by atoms with Gasteiger partial charge in [0.1, 0.15) is 12.1 Å². The van der Waals surface area contributed by atoms with Crippen LogP contribution in [-0.2, 0) is 14.3 Å². The Hall–Kier alpha value is -1.30. The first-order chi connectivity index (χ1) is 7.54. The van der Waals surface area contributed by atoms with Gasteiger partial charge in [0.05, 0.1) is 13.7 Å². The number of rotatable bonds is 5. The lowest BCUT2D eigenvalue weighted by Crippen LogP contribution is -2.45. The zero-order valence-corrected chi connectivity index (χ0v) is 9.78. The average molecular weight is 230 g/mol. The summed E-state index contributed by atoms with van der Waals surface area (Å²) in [5.74, 6) is -0.176. The van der Waals surface area contributed by atoms with Crippen LogP contribution in [0.25, 0.3) is 0 Å². The predicted molar refractivity (Wildman–Crippen MR) is 56.9 cm³/mol. The summed E-state index contributed by atoms with van der Waals surface area (Å²) in [4.78, 5) is 22.2. The number of methoxy groups -OCH3 is 1. The van der Waals surface area contributed by atoms with Crippen molar-refractivity contribution in [3.8, 4) is 0 Å². The number of alkyl carbamates (subject to hydrolysis) is 1. The van der Waals surface area contributed by atoms with Crippen LogP contribution in [0, 0.1) is 5.92 Å². The van der Waals surface area contributed by atoms with Crippen molar-refractivity contribution in [2.45, 2.75) is 26.0 Å². The molecule has 1 aliphatic heterocycles. The van der Waals surface area contributed by atoms with E-state index in [9.17, 15) is 9.59 Å². The maximum Gasteiger partial charge on any atom is 0.407 e. The molecule has 0 bridgehead atoms. The maximum absolute atomic E-state index is 11.4. The molecule has 16 heavy (non-hydrogen) atoms. The molecule has 0 aromatic rings. The second-order valence-corrected chi connectivity index (χ2v) is 4.06. The van der Waals surface area contributed by atoms with Crippen LogP contribution >= 0.6 is 0 Å². The van der Waals surface area contributed by atoms with Crippen LogP contribution < -0.4 is 10.6 Å². The molecule has 2 atom stereocenters. The van der Waals surface area contributed by atoms with E-state index in [-0.39, 0.29) is 24.0 Å². The first-order valence-corrected chi connectivity index (χ1v) is 5.30. The molecule has 1 aliphatic rings. The van der Waals surface area contributed by atoms with Gasteiger partial charge in [0.25, 0.3) is 0 Å². The maximum atomic E-state index is 11.4. The van der Waals surface area contributed by atoms with Gasteiger partial charge in [-0.05, 0) is 5.92 Å². The van der Waals surface area contributed by atoms with Crippen molar-refractivity contribution < 1.29 is 19.1 Å². The van der Waals surface area contributed by atoms with Crippen molar-refractivity contribution in [3.05, 3.63) is 0 Å². The van der Waals surface area contributed by atoms with Crippen LogP contribution in [0.2, 0.25) is 0 Å². The first-order valence-electron chi connectivity index (χ1n) is 5.30. The predicted octanol–water partition coefficient (Wildman–Crippen LogP) is -0.118. The van der Waals surface area contributed by atoms with Gasteiger partial charge in [-0.1, -0.05) is 13.8 Å². The van der Waals surface area contributed by atoms with Gasteiger partial charge in [0, 0.05) is 6.54 Å². The summed E-state index contributed by atoms with van der Waals surface area (Å²) in [6.07, 6.45) is -0.635. The van der Waals surface area contributed by atoms with E-state index in [0.29, 0.717) is 13.1 Å². The van der Waals surface area contributed by atoms with E-state index in [1.54, 1.807) is 0 Å². The van der Waals surface area contributed by atoms with Crippen LogP contribution in [0.1, 0.15) is 13.8 Å². The Labute approximate surface area is 94.7 Å². The second-order valence-electron chi connectivity index (χ2n) is 4.06. The van der Waals surface area contributed by atoms with Crippen molar-refractivity contribution in [2.75, 3.05) is 20.2 Å². The van der Waals surface area contributed by atoms with Gasteiger partial charge in [-0.25, -0.2) is 4.79 Å². The highest BCUT2D eigenvalue weighted by Gasteiger charge is 2.27. The van der Waals surface area contributed by atoms with E-state index in [0.717, 1.165) is 0 Å². The Morgan fingerprint density at radius 2 is 2.38 bits per heavy atom. The normalized spacial score (nSPS) is 21.5. The van der Waals surface area contributed by atoms with Gasteiger partial charge in [-0.15, -0.1) is 0 Å². The Morgan fingerprint density at radius 1 is 1.69 bits per heavy atom. The minimum atomic E-state index is -0.411. The Morgan fingerprint density at radius 3 is 2.81 bits per heavy atom. The number of carbonyl (C=O) groups excluding carboxylic acids is 2. The zero-order chi connectivity index (χ0) is 12.1.